The molecule has 0 bridgehead atoms. The molecule has 0 aromatic rings. The monoisotopic (exact) mass is 408 g/mol. The second-order valence-electron chi connectivity index (χ2n) is 7.95. The largest absolute Gasteiger partial charge is 0.390 e. The summed E-state index contributed by atoms with van der Waals surface area (Å²) >= 11 is 0. The molecule has 4 unspecified atom stereocenters. The minimum Gasteiger partial charge on any atom is -0.390 e. The maximum atomic E-state index is 10.6. The van der Waals surface area contributed by atoms with Crippen LogP contribution < -0.4 is 0 Å². The fourth-order valence-corrected chi connectivity index (χ4v) is 4.20. The molecule has 0 radical (unpaired) electrons. The van der Waals surface area contributed by atoms with Crippen molar-refractivity contribution in [2.24, 2.45) is 11.8 Å². The lowest BCUT2D eigenvalue weighted by Gasteiger charge is -2.41. The van der Waals surface area contributed by atoms with E-state index in [0.717, 1.165) is 0 Å². The Kier molecular flexibility index (Phi) is 9.52. The molecular weight excluding hydrogens is 372 g/mol. The number of ether oxygens (including phenoxy) is 4. The van der Waals surface area contributed by atoms with E-state index in [1.165, 1.54) is 6.92 Å². The molecule has 1 saturated heterocycles. The Morgan fingerprint density at radius 3 is 2.21 bits per heavy atom. The Morgan fingerprint density at radius 2 is 1.61 bits per heavy atom. The minimum atomic E-state index is -1.29. The van der Waals surface area contributed by atoms with Crippen molar-refractivity contribution in [3.63, 3.8) is 0 Å². The van der Waals surface area contributed by atoms with Crippen LogP contribution in [-0.4, -0.2) is 101 Å². The summed E-state index contributed by atoms with van der Waals surface area (Å²) in [4.78, 5) is 0. The van der Waals surface area contributed by atoms with E-state index in [1.54, 1.807) is 7.11 Å². The van der Waals surface area contributed by atoms with Crippen LogP contribution in [0.5, 0.6) is 0 Å². The van der Waals surface area contributed by atoms with E-state index in [2.05, 4.69) is 0 Å². The van der Waals surface area contributed by atoms with Gasteiger partial charge in [-0.05, 0) is 32.1 Å². The number of aliphatic hydroxyl groups excluding tert-OH is 5. The van der Waals surface area contributed by atoms with Crippen molar-refractivity contribution >= 4 is 0 Å². The number of hydrogen-bond donors (Lipinski definition) is 5. The zero-order chi connectivity index (χ0) is 20.8. The third-order valence-corrected chi connectivity index (χ3v) is 5.67. The van der Waals surface area contributed by atoms with Crippen LogP contribution >= 0.6 is 0 Å². The first kappa shape index (κ1) is 23.9. The smallest absolute Gasteiger partial charge is 0.152 e. The Bertz CT molecular complexity index is 447. The highest BCUT2D eigenvalue weighted by Gasteiger charge is 2.43. The van der Waals surface area contributed by atoms with Crippen LogP contribution in [-0.2, 0) is 18.9 Å². The molecule has 9 nitrogen and oxygen atoms in total. The second-order valence-corrected chi connectivity index (χ2v) is 7.95. The Hall–Kier alpha value is -0.360. The van der Waals surface area contributed by atoms with E-state index in [-0.39, 0.29) is 25.0 Å². The molecule has 1 heterocycles. The molecule has 1 aliphatic carbocycles. The van der Waals surface area contributed by atoms with Crippen LogP contribution in [0.1, 0.15) is 33.1 Å². The van der Waals surface area contributed by atoms with E-state index in [4.69, 9.17) is 18.9 Å². The summed E-state index contributed by atoms with van der Waals surface area (Å²) in [5, 5.41) is 50.2. The van der Waals surface area contributed by atoms with E-state index >= 15 is 0 Å². The molecule has 9 heteroatoms. The van der Waals surface area contributed by atoms with Crippen molar-refractivity contribution in [2.45, 2.75) is 82.1 Å². The zero-order valence-electron chi connectivity index (χ0n) is 16.9. The highest BCUT2D eigenvalue weighted by atomic mass is 16.6. The standard InChI is InChI=1S/C19H36O9/c1-4-13-17(22)19(24)18(23)15(28-13)9-26-8-12-5-11(7-25-3)6-14(16(12)21)27-10(2)20/h10-24H,4-9H2,1-3H3/t10-,11?,12+,13+,14+,15?,16?,17?,18+,19-/m0/s1. The number of hydrogen-bond acceptors (Lipinski definition) is 9. The van der Waals surface area contributed by atoms with Gasteiger partial charge in [-0.1, -0.05) is 6.92 Å². The van der Waals surface area contributed by atoms with Gasteiger partial charge in [-0.15, -0.1) is 0 Å². The summed E-state index contributed by atoms with van der Waals surface area (Å²) < 4.78 is 22.0. The molecule has 166 valence electrons. The lowest BCUT2D eigenvalue weighted by molar-refractivity contribution is -0.235. The van der Waals surface area contributed by atoms with Crippen molar-refractivity contribution in [3.05, 3.63) is 0 Å². The van der Waals surface area contributed by atoms with Gasteiger partial charge in [-0.2, -0.15) is 0 Å². The predicted molar refractivity (Wildman–Crippen MR) is 98.4 cm³/mol. The first-order valence-corrected chi connectivity index (χ1v) is 10.1. The fraction of sp³-hybridized carbons (Fsp3) is 1.00. The van der Waals surface area contributed by atoms with Crippen LogP contribution in [0.3, 0.4) is 0 Å². The third kappa shape index (κ3) is 6.07. The van der Waals surface area contributed by atoms with E-state index in [1.807, 2.05) is 6.92 Å². The van der Waals surface area contributed by atoms with Gasteiger partial charge < -0.3 is 44.5 Å². The zero-order valence-corrected chi connectivity index (χ0v) is 16.9. The molecule has 1 aliphatic heterocycles. The Morgan fingerprint density at radius 1 is 0.929 bits per heavy atom. The molecule has 1 saturated carbocycles. The van der Waals surface area contributed by atoms with Gasteiger partial charge in [0.2, 0.25) is 0 Å². The molecule has 0 spiro atoms. The second kappa shape index (κ2) is 11.1. The number of aliphatic hydroxyl groups is 5. The summed E-state index contributed by atoms with van der Waals surface area (Å²) in [5.74, 6) is -0.0559. The van der Waals surface area contributed by atoms with Crippen LogP contribution in [0.4, 0.5) is 0 Å². The van der Waals surface area contributed by atoms with Crippen LogP contribution in [0, 0.1) is 11.8 Å². The van der Waals surface area contributed by atoms with Crippen molar-refractivity contribution in [3.8, 4) is 0 Å². The summed E-state index contributed by atoms with van der Waals surface area (Å²) in [7, 11) is 1.62. The molecule has 5 N–H and O–H groups in total. The molecule has 2 rings (SSSR count). The first-order chi connectivity index (χ1) is 13.3. The summed E-state index contributed by atoms with van der Waals surface area (Å²) in [5.41, 5.74) is 0. The summed E-state index contributed by atoms with van der Waals surface area (Å²) in [6.07, 6.45) is -5.52. The first-order valence-electron chi connectivity index (χ1n) is 10.1. The van der Waals surface area contributed by atoms with Crippen molar-refractivity contribution in [2.75, 3.05) is 26.9 Å². The normalized spacial score (nSPS) is 43.1. The lowest BCUT2D eigenvalue weighted by Crippen LogP contribution is -2.58. The number of rotatable bonds is 9. The van der Waals surface area contributed by atoms with Gasteiger partial charge in [0.15, 0.2) is 6.29 Å². The Balaban J connectivity index is 1.90. The van der Waals surface area contributed by atoms with Crippen molar-refractivity contribution in [1.29, 1.82) is 0 Å². The average molecular weight is 408 g/mol. The van der Waals surface area contributed by atoms with Crippen molar-refractivity contribution < 1.29 is 44.5 Å². The molecule has 0 aromatic carbocycles. The molecule has 0 amide bonds. The molecule has 10 atom stereocenters. The quantitative estimate of drug-likeness (QED) is 0.305. The van der Waals surface area contributed by atoms with Gasteiger partial charge in [-0.25, -0.2) is 0 Å². The highest BCUT2D eigenvalue weighted by molar-refractivity contribution is 4.92. The van der Waals surface area contributed by atoms with Gasteiger partial charge in [-0.3, -0.25) is 0 Å². The maximum Gasteiger partial charge on any atom is 0.152 e. The molecule has 2 aliphatic rings. The van der Waals surface area contributed by atoms with Gasteiger partial charge in [0.25, 0.3) is 0 Å². The molecule has 2 fully saturated rings. The van der Waals surface area contributed by atoms with Crippen LogP contribution in [0.25, 0.3) is 0 Å². The van der Waals surface area contributed by atoms with E-state index in [9.17, 15) is 25.5 Å². The van der Waals surface area contributed by atoms with Gasteiger partial charge in [0, 0.05) is 19.6 Å². The predicted octanol–water partition coefficient (Wildman–Crippen LogP) is -0.980. The lowest BCUT2D eigenvalue weighted by atomic mass is 9.78. The molecular formula is C19H36O9. The summed E-state index contributed by atoms with van der Waals surface area (Å²) in [6.45, 7) is 4.09. The minimum absolute atomic E-state index is 0.0293. The highest BCUT2D eigenvalue weighted by Crippen LogP contribution is 2.33. The SMILES string of the molecule is CC[C@H]1OC(COC[C@H]2CC(COC)C[C@@H](O[C@@H](C)O)C2O)[C@@H](O)[C@@H](O)C1O. The number of methoxy groups -OCH3 is 1. The molecule has 0 aromatic heterocycles. The summed E-state index contributed by atoms with van der Waals surface area (Å²) in [6, 6.07) is 0. The van der Waals surface area contributed by atoms with E-state index < -0.39 is 49.0 Å². The van der Waals surface area contributed by atoms with Gasteiger partial charge in [0.1, 0.15) is 24.4 Å². The van der Waals surface area contributed by atoms with Crippen LogP contribution in [0.15, 0.2) is 0 Å². The average Bonchev–Trinajstić information content (AvgIpc) is 2.65. The van der Waals surface area contributed by atoms with E-state index in [0.29, 0.717) is 25.9 Å². The molecule has 28 heavy (non-hydrogen) atoms. The third-order valence-electron chi connectivity index (χ3n) is 5.67. The van der Waals surface area contributed by atoms with Gasteiger partial charge >= 0.3 is 0 Å². The van der Waals surface area contributed by atoms with Gasteiger partial charge in [0.05, 0.1) is 31.5 Å². The maximum absolute atomic E-state index is 10.6. The van der Waals surface area contributed by atoms with Crippen molar-refractivity contribution in [1.82, 2.24) is 0 Å². The fourth-order valence-electron chi connectivity index (χ4n) is 4.20. The Labute approximate surface area is 166 Å². The van der Waals surface area contributed by atoms with Crippen LogP contribution in [0.2, 0.25) is 0 Å². The topological polar surface area (TPSA) is 138 Å².